The molecule has 0 aliphatic carbocycles. The standard InChI is InChI=1S/C90H126N4O10Si6/c1-29-97-83(95)33-31-57-99-71-41-35-65(36-42-71)85-79-51-47-75(91-79)73(45-39-67(61-101-107(21,22)87(3,4)5)69(55-59-105(15,16)17)63-103-109(25,26)89(9,10)11)77-49-53-81(93-77)86(66-37-43-72(44-38-66)100-58-32-34-84(96)98-30-2)82-54-50-78(94-82)74(76-48-52-80(85)92-76)46-40-68(62-102-108(23,24)88(6,7)8)70(56-60-106(18,19)20)64-104-110(27,28)90(12,13)14/h35-38,41-44,47-54,91,94H,29-34,57-58,61-64H2,1-28H3/b69-67+,70-68+,75-73?,76-74?,77-73?,78-74?,85-79?,85-80?,86-81?,86-82?. The number of carbonyl (C=O) groups is 2. The maximum atomic E-state index is 12.3. The highest BCUT2D eigenvalue weighted by Crippen LogP contribution is 2.42. The van der Waals surface area contributed by atoms with Crippen LogP contribution in [-0.4, -0.2) is 134 Å². The van der Waals surface area contributed by atoms with Gasteiger partial charge in [-0.1, -0.05) is 182 Å². The normalized spacial score (nSPS) is 13.5. The summed E-state index contributed by atoms with van der Waals surface area (Å²) in [5.41, 5.74) is 20.9. The van der Waals surface area contributed by atoms with Crippen molar-refractivity contribution in [3.63, 3.8) is 0 Å². The number of carbonyl (C=O) groups excluding carboxylic acids is 2. The molecule has 590 valence electrons. The highest BCUT2D eigenvalue weighted by molar-refractivity contribution is 6.84. The van der Waals surface area contributed by atoms with Gasteiger partial charge in [0.1, 0.15) is 27.6 Å². The fourth-order valence-electron chi connectivity index (χ4n) is 10.3. The molecule has 0 saturated heterocycles. The first-order valence-electron chi connectivity index (χ1n) is 39.1. The van der Waals surface area contributed by atoms with Crippen LogP contribution in [0.1, 0.15) is 157 Å². The Morgan fingerprint density at radius 2 is 0.664 bits per heavy atom. The van der Waals surface area contributed by atoms with Crippen LogP contribution in [0.5, 0.6) is 11.5 Å². The van der Waals surface area contributed by atoms with Crippen molar-refractivity contribution in [1.82, 2.24) is 19.9 Å². The van der Waals surface area contributed by atoms with Gasteiger partial charge in [0.15, 0.2) is 33.3 Å². The van der Waals surface area contributed by atoms with E-state index in [4.69, 9.17) is 46.6 Å². The van der Waals surface area contributed by atoms with E-state index in [-0.39, 0.29) is 58.1 Å². The van der Waals surface area contributed by atoms with E-state index in [9.17, 15) is 9.59 Å². The fourth-order valence-corrected chi connectivity index (χ4v) is 15.1. The number of aromatic amines is 2. The number of nitrogens with zero attached hydrogens (tertiary/aromatic N) is 2. The Kier molecular flexibility index (Phi) is 30.1. The number of aromatic nitrogens is 4. The van der Waals surface area contributed by atoms with Crippen LogP contribution in [0, 0.1) is 46.6 Å². The van der Waals surface area contributed by atoms with Gasteiger partial charge in [-0.05, 0) is 183 Å². The first-order chi connectivity index (χ1) is 51.0. The van der Waals surface area contributed by atoms with Crippen LogP contribution >= 0.6 is 0 Å². The molecule has 0 amide bonds. The van der Waals surface area contributed by atoms with E-state index < -0.39 is 49.4 Å². The zero-order valence-electron chi connectivity index (χ0n) is 71.7. The summed E-state index contributed by atoms with van der Waals surface area (Å²) < 4.78 is 51.4. The van der Waals surface area contributed by atoms with Gasteiger partial charge in [-0.3, -0.25) is 9.59 Å². The number of nitrogens with one attached hydrogen (secondary N) is 2. The lowest BCUT2D eigenvalue weighted by atomic mass is 10.0. The molecule has 0 spiro atoms. The molecule has 0 radical (unpaired) electrons. The third-order valence-corrected chi connectivity index (χ3v) is 41.0. The average Bonchev–Trinajstić information content (AvgIpc) is 1.61. The van der Waals surface area contributed by atoms with E-state index in [0.717, 1.165) is 66.6 Å². The number of hydrogen-bond donors (Lipinski definition) is 2. The molecule has 20 heteroatoms. The topological polar surface area (TPSA) is 165 Å². The van der Waals surface area contributed by atoms with Gasteiger partial charge in [-0.15, -0.1) is 11.1 Å². The molecule has 0 unspecified atom stereocenters. The molecule has 3 aromatic heterocycles. The lowest BCUT2D eigenvalue weighted by Crippen LogP contribution is -2.42. The zero-order chi connectivity index (χ0) is 81.6. The molecule has 2 aliphatic heterocycles. The molecule has 14 nitrogen and oxygen atoms in total. The molecular weight excluding hydrogens is 1470 g/mol. The predicted molar refractivity (Wildman–Crippen MR) is 475 cm³/mol. The quantitative estimate of drug-likeness (QED) is 0.0228. The van der Waals surface area contributed by atoms with E-state index in [1.165, 1.54) is 0 Å². The predicted octanol–water partition coefficient (Wildman–Crippen LogP) is 22.6. The van der Waals surface area contributed by atoms with Gasteiger partial charge >= 0.3 is 11.9 Å². The lowest BCUT2D eigenvalue weighted by molar-refractivity contribution is -0.144. The monoisotopic (exact) mass is 1590 g/mol. The van der Waals surface area contributed by atoms with Gasteiger partial charge < -0.3 is 46.6 Å². The summed E-state index contributed by atoms with van der Waals surface area (Å²) in [6.45, 7) is 64.9. The maximum Gasteiger partial charge on any atom is 0.305 e. The molecule has 8 bridgehead atoms. The fraction of sp³-hybridized carbons (Fsp3) is 0.489. The average molecular weight is 1590 g/mol. The van der Waals surface area contributed by atoms with Crippen LogP contribution in [0.4, 0.5) is 0 Å². The second-order valence-corrected chi connectivity index (χ2v) is 65.4. The Hall–Kier alpha value is -7.56. The summed E-state index contributed by atoms with van der Waals surface area (Å²) in [5.74, 6) is 23.2. The number of H-pyrrole nitrogens is 2. The van der Waals surface area contributed by atoms with Gasteiger partial charge in [0.2, 0.25) is 0 Å². The third-order valence-electron chi connectivity index (χ3n) is 21.4. The largest absolute Gasteiger partial charge is 0.494 e. The van der Waals surface area contributed by atoms with Crippen LogP contribution in [-0.2, 0) is 36.8 Å². The summed E-state index contributed by atoms with van der Waals surface area (Å²) in [4.78, 5) is 43.7. The van der Waals surface area contributed by atoms with Gasteiger partial charge in [0.25, 0.3) is 0 Å². The van der Waals surface area contributed by atoms with Crippen molar-refractivity contribution in [3.05, 3.63) is 129 Å². The second-order valence-electron chi connectivity index (χ2n) is 36.7. The second kappa shape index (κ2) is 36.9. The van der Waals surface area contributed by atoms with Crippen molar-refractivity contribution in [2.45, 2.75) is 234 Å². The SMILES string of the molecule is CCOC(=O)CCCOc1ccc(-c2c3nc(c(C#C/C(CO[Si](C)(C)C(C)(C)C)=C(/C#C[Si](C)(C)C)CO[Si](C)(C)C(C)(C)C)c4ccc([nH]4)c(-c4ccc(OCCCC(=O)OCC)cc4)c4nc(c(C#C/C(CO[Si](C)(C)C(C)(C)C)=C(/C#C[Si](C)(C)C)CO[Si](C)(C)C(C)(C)C)c5ccc2[nH]5)C=C4)C=C3)cc1. The van der Waals surface area contributed by atoms with Crippen LogP contribution in [0.15, 0.2) is 95.1 Å². The minimum atomic E-state index is -2.36. The van der Waals surface area contributed by atoms with Crippen LogP contribution in [0.3, 0.4) is 0 Å². The Labute approximate surface area is 666 Å². The number of benzene rings is 2. The minimum absolute atomic E-state index is 0.0540. The highest BCUT2D eigenvalue weighted by atomic mass is 28.4. The highest BCUT2D eigenvalue weighted by Gasteiger charge is 2.41. The smallest absolute Gasteiger partial charge is 0.305 e. The lowest BCUT2D eigenvalue weighted by Gasteiger charge is -2.37. The number of ether oxygens (including phenoxy) is 4. The van der Waals surface area contributed by atoms with Crippen molar-refractivity contribution in [2.24, 2.45) is 0 Å². The van der Waals surface area contributed by atoms with E-state index in [1.807, 2.05) is 74.5 Å². The summed E-state index contributed by atoms with van der Waals surface area (Å²) in [6, 6.07) is 24.3. The number of esters is 2. The summed E-state index contributed by atoms with van der Waals surface area (Å²) in [7, 11) is -13.2. The summed E-state index contributed by atoms with van der Waals surface area (Å²) >= 11 is 0. The summed E-state index contributed by atoms with van der Waals surface area (Å²) in [6.07, 6.45) is 9.76. The molecule has 2 N–H and O–H groups in total. The van der Waals surface area contributed by atoms with Crippen molar-refractivity contribution in [1.29, 1.82) is 0 Å². The maximum absolute atomic E-state index is 12.3. The van der Waals surface area contributed by atoms with Crippen molar-refractivity contribution < 1.29 is 46.2 Å². The van der Waals surface area contributed by atoms with Crippen molar-refractivity contribution in [2.75, 3.05) is 52.9 Å². The molecule has 2 aliphatic rings. The first-order valence-corrected chi connectivity index (χ1v) is 57.7. The Bertz CT molecular complexity index is 4410. The third kappa shape index (κ3) is 25.2. The van der Waals surface area contributed by atoms with Crippen LogP contribution in [0.25, 0.3) is 68.6 Å². The molecule has 2 aromatic carbocycles. The molecule has 7 rings (SSSR count). The Morgan fingerprint density at radius 3 is 0.945 bits per heavy atom. The van der Waals surface area contributed by atoms with Crippen molar-refractivity contribution in [3.8, 4) is 80.4 Å². The first kappa shape index (κ1) is 89.6. The molecule has 5 heterocycles. The van der Waals surface area contributed by atoms with Gasteiger partial charge in [0.05, 0.1) is 97.8 Å². The molecule has 110 heavy (non-hydrogen) atoms. The Morgan fingerprint density at radius 1 is 0.382 bits per heavy atom. The van der Waals surface area contributed by atoms with Gasteiger partial charge in [0, 0.05) is 57.3 Å². The molecule has 0 atom stereocenters. The molecule has 5 aromatic rings. The van der Waals surface area contributed by atoms with Crippen LogP contribution in [0.2, 0.25) is 112 Å². The van der Waals surface area contributed by atoms with E-state index in [2.05, 4.69) is 268 Å². The number of fused-ring (bicyclic) bond motifs is 8. The Balaban J connectivity index is 1.67. The van der Waals surface area contributed by atoms with Crippen molar-refractivity contribution >= 4 is 108 Å². The molecular formula is C90H126N4O10Si6. The van der Waals surface area contributed by atoms with E-state index >= 15 is 0 Å². The van der Waals surface area contributed by atoms with E-state index in [1.54, 1.807) is 0 Å². The van der Waals surface area contributed by atoms with Gasteiger partial charge in [-0.2, -0.15) is 0 Å². The molecule has 0 fully saturated rings. The van der Waals surface area contributed by atoms with Gasteiger partial charge in [-0.25, -0.2) is 9.97 Å². The number of hydrogen-bond acceptors (Lipinski definition) is 12. The van der Waals surface area contributed by atoms with Crippen LogP contribution < -0.4 is 9.47 Å². The van der Waals surface area contributed by atoms with E-state index in [0.29, 0.717) is 97.9 Å². The minimum Gasteiger partial charge on any atom is -0.494 e. The molecule has 0 saturated carbocycles. The zero-order valence-corrected chi connectivity index (χ0v) is 77.7. The number of rotatable bonds is 26. The summed E-state index contributed by atoms with van der Waals surface area (Å²) in [5, 5.41) is -0.276.